The second-order valence-corrected chi connectivity index (χ2v) is 12.1. The molecule has 1 saturated carbocycles. The van der Waals surface area contributed by atoms with Crippen LogP contribution in [0.15, 0.2) is 54.6 Å². The zero-order valence-electron chi connectivity index (χ0n) is 28.7. The van der Waals surface area contributed by atoms with E-state index in [1.54, 1.807) is 6.08 Å². The van der Waals surface area contributed by atoms with Gasteiger partial charge in [-0.15, -0.1) is 20.2 Å². The van der Waals surface area contributed by atoms with Gasteiger partial charge in [-0.3, -0.25) is 14.4 Å². The van der Waals surface area contributed by atoms with Gasteiger partial charge in [-0.1, -0.05) is 48.6 Å². The Morgan fingerprint density at radius 3 is 2.24 bits per heavy atom. The average molecular weight is 706 g/mol. The Bertz CT molecular complexity index is 1240. The van der Waals surface area contributed by atoms with Crippen LogP contribution in [0.5, 0.6) is 0 Å². The van der Waals surface area contributed by atoms with Gasteiger partial charge in [-0.05, 0) is 82.3 Å². The number of nitrogens with zero attached hydrogens (tertiary/aromatic N) is 2. The Morgan fingerprint density at radius 2 is 1.60 bits per heavy atom. The maximum Gasteiger partial charge on any atom is 0.306 e. The summed E-state index contributed by atoms with van der Waals surface area (Å²) in [4.78, 5) is 66.6. The van der Waals surface area contributed by atoms with Crippen molar-refractivity contribution < 1.29 is 48.8 Å². The third-order valence-corrected chi connectivity index (χ3v) is 8.23. The zero-order chi connectivity index (χ0) is 36.6. The van der Waals surface area contributed by atoms with Crippen LogP contribution in [0, 0.1) is 32.1 Å². The molecule has 2 rings (SSSR count). The second kappa shape index (κ2) is 24.6. The van der Waals surface area contributed by atoms with E-state index in [1.807, 2.05) is 55.5 Å². The van der Waals surface area contributed by atoms with Crippen molar-refractivity contribution in [3.05, 3.63) is 80.4 Å². The maximum atomic E-state index is 12.8. The van der Waals surface area contributed by atoms with Gasteiger partial charge in [0.2, 0.25) is 5.91 Å². The van der Waals surface area contributed by atoms with Gasteiger partial charge in [-0.25, -0.2) is 0 Å². The summed E-state index contributed by atoms with van der Waals surface area (Å²) in [7, 11) is 0. The molecule has 1 fully saturated rings. The number of unbranched alkanes of at least 4 members (excludes halogenated alkanes) is 3. The van der Waals surface area contributed by atoms with E-state index < -0.39 is 46.3 Å². The molecule has 278 valence electrons. The van der Waals surface area contributed by atoms with Crippen molar-refractivity contribution in [1.29, 1.82) is 0 Å². The standard InChI is InChI=1S/C35H51N3O12/c1-2-36-33(40)17-9-4-3-8-16-29-30(32(26-31(29)39)50-35(42)19-11-13-25-48-38(45)46)23-22-28(21-20-27-14-6-5-7-15-27)49-34(41)18-10-12-24-47-37(43)44/h3,5-8,14-15,22-23,28-32,39H,2,4,9-13,16-21,24-26H2,1H3,(H,36,40)/b8-3-,23-22+/t28-,29+,30+,31-,32+/m0/s1. The fraction of sp³-hybridized carbons (Fsp3) is 0.629. The molecule has 0 aliphatic heterocycles. The Morgan fingerprint density at radius 1 is 0.940 bits per heavy atom. The number of aliphatic hydroxyl groups is 1. The molecular formula is C35H51N3O12. The fourth-order valence-corrected chi connectivity index (χ4v) is 5.72. The number of allylic oxidation sites excluding steroid dienone is 2. The van der Waals surface area contributed by atoms with Crippen LogP contribution in [0.1, 0.15) is 89.5 Å². The molecule has 1 aromatic carbocycles. The summed E-state index contributed by atoms with van der Waals surface area (Å²) in [5.41, 5.74) is 1.06. The smallest absolute Gasteiger partial charge is 0.306 e. The molecule has 2 N–H and O–H groups in total. The van der Waals surface area contributed by atoms with E-state index in [2.05, 4.69) is 15.0 Å². The summed E-state index contributed by atoms with van der Waals surface area (Å²) in [5, 5.41) is 32.8. The van der Waals surface area contributed by atoms with E-state index in [0.717, 1.165) is 5.56 Å². The average Bonchev–Trinajstić information content (AvgIpc) is 3.36. The number of hydrogen-bond acceptors (Lipinski definition) is 12. The lowest BCUT2D eigenvalue weighted by Gasteiger charge is -2.23. The molecule has 1 aliphatic rings. The molecular weight excluding hydrogens is 654 g/mol. The van der Waals surface area contributed by atoms with Gasteiger partial charge in [-0.2, -0.15) is 0 Å². The van der Waals surface area contributed by atoms with Crippen molar-refractivity contribution in [2.75, 3.05) is 19.8 Å². The minimum absolute atomic E-state index is 0.00124. The normalized spacial score (nSPS) is 19.2. The molecule has 0 saturated heterocycles. The number of esters is 2. The van der Waals surface area contributed by atoms with Crippen LogP contribution in [-0.4, -0.2) is 71.2 Å². The third-order valence-electron chi connectivity index (χ3n) is 8.23. The van der Waals surface area contributed by atoms with E-state index in [-0.39, 0.29) is 44.3 Å². The quantitative estimate of drug-likeness (QED) is 0.0429. The predicted octanol–water partition coefficient (Wildman–Crippen LogP) is 5.01. The van der Waals surface area contributed by atoms with Crippen molar-refractivity contribution in [3.63, 3.8) is 0 Å². The number of benzene rings is 1. The summed E-state index contributed by atoms with van der Waals surface area (Å²) in [6.45, 7) is 2.21. The number of aryl methyl sites for hydroxylation is 1. The first kappa shape index (κ1) is 41.6. The Kier molecular flexibility index (Phi) is 20.5. The molecule has 0 unspecified atom stereocenters. The summed E-state index contributed by atoms with van der Waals surface area (Å²) >= 11 is 0. The summed E-state index contributed by atoms with van der Waals surface area (Å²) in [6.07, 6.45) is 10.5. The highest BCUT2D eigenvalue weighted by Gasteiger charge is 2.42. The number of aliphatic hydroxyl groups excluding tert-OH is 1. The molecule has 5 atom stereocenters. The van der Waals surface area contributed by atoms with Gasteiger partial charge in [0.05, 0.1) is 19.3 Å². The molecule has 0 bridgehead atoms. The topological polar surface area (TPSA) is 207 Å². The number of carbonyl (C=O) groups is 3. The molecule has 0 heterocycles. The van der Waals surface area contributed by atoms with Crippen LogP contribution in [0.2, 0.25) is 0 Å². The van der Waals surface area contributed by atoms with Crippen LogP contribution in [0.3, 0.4) is 0 Å². The van der Waals surface area contributed by atoms with Crippen LogP contribution in [0.25, 0.3) is 0 Å². The molecule has 1 amide bonds. The van der Waals surface area contributed by atoms with E-state index in [0.29, 0.717) is 70.8 Å². The third kappa shape index (κ3) is 18.3. The Balaban J connectivity index is 2.14. The van der Waals surface area contributed by atoms with E-state index >= 15 is 0 Å². The monoisotopic (exact) mass is 705 g/mol. The lowest BCUT2D eigenvalue weighted by molar-refractivity contribution is -0.757. The van der Waals surface area contributed by atoms with E-state index in [4.69, 9.17) is 9.47 Å². The number of amides is 1. The Labute approximate surface area is 292 Å². The summed E-state index contributed by atoms with van der Waals surface area (Å²) in [6, 6.07) is 9.71. The first-order valence-electron chi connectivity index (χ1n) is 17.3. The number of carbonyl (C=O) groups excluding carboxylic acids is 3. The highest BCUT2D eigenvalue weighted by Crippen LogP contribution is 2.38. The number of ether oxygens (including phenoxy) is 2. The van der Waals surface area contributed by atoms with E-state index in [9.17, 15) is 39.7 Å². The number of nitrogens with one attached hydrogen (secondary N) is 1. The number of hydrogen-bond donors (Lipinski definition) is 2. The minimum Gasteiger partial charge on any atom is -0.462 e. The predicted molar refractivity (Wildman–Crippen MR) is 181 cm³/mol. The first-order chi connectivity index (χ1) is 24.1. The molecule has 1 aromatic rings. The largest absolute Gasteiger partial charge is 0.462 e. The highest BCUT2D eigenvalue weighted by atomic mass is 17.0. The van der Waals surface area contributed by atoms with Gasteiger partial charge >= 0.3 is 11.9 Å². The van der Waals surface area contributed by atoms with Crippen LogP contribution >= 0.6 is 0 Å². The van der Waals surface area contributed by atoms with Crippen molar-refractivity contribution in [2.45, 2.75) is 109 Å². The van der Waals surface area contributed by atoms with E-state index in [1.165, 1.54) is 0 Å². The van der Waals surface area contributed by atoms with Gasteiger partial charge in [0.1, 0.15) is 12.2 Å². The molecule has 0 radical (unpaired) electrons. The van der Waals surface area contributed by atoms with Crippen molar-refractivity contribution in [3.8, 4) is 0 Å². The maximum absolute atomic E-state index is 12.8. The van der Waals surface area contributed by atoms with Crippen molar-refractivity contribution >= 4 is 17.8 Å². The van der Waals surface area contributed by atoms with Crippen LogP contribution in [-0.2, 0) is 40.0 Å². The molecule has 15 heteroatoms. The van der Waals surface area contributed by atoms with Gasteiger partial charge in [0.15, 0.2) is 0 Å². The Hall–Kier alpha value is -4.53. The second-order valence-electron chi connectivity index (χ2n) is 12.1. The lowest BCUT2D eigenvalue weighted by atomic mass is 9.89. The number of rotatable bonds is 26. The van der Waals surface area contributed by atoms with Crippen LogP contribution < -0.4 is 5.32 Å². The van der Waals surface area contributed by atoms with Crippen molar-refractivity contribution in [2.24, 2.45) is 11.8 Å². The SMILES string of the molecule is CCNC(=O)CCC/C=C\C[C@@H]1[C@@H](/C=C/[C@H](CCc2ccccc2)OC(=O)CCCCO[N+](=O)[O-])[C@H](OC(=O)CCCCO[N+](=O)[O-])C[C@@H]1O. The zero-order valence-corrected chi connectivity index (χ0v) is 28.7. The molecule has 0 spiro atoms. The molecule has 0 aromatic heterocycles. The molecule has 50 heavy (non-hydrogen) atoms. The summed E-state index contributed by atoms with van der Waals surface area (Å²) in [5.74, 6) is -1.65. The molecule has 15 nitrogen and oxygen atoms in total. The highest BCUT2D eigenvalue weighted by molar-refractivity contribution is 5.75. The van der Waals surface area contributed by atoms with Crippen LogP contribution in [0.4, 0.5) is 0 Å². The van der Waals surface area contributed by atoms with Crippen molar-refractivity contribution in [1.82, 2.24) is 5.32 Å². The van der Waals surface area contributed by atoms with Gasteiger partial charge in [0.25, 0.3) is 10.2 Å². The summed E-state index contributed by atoms with van der Waals surface area (Å²) < 4.78 is 11.6. The van der Waals surface area contributed by atoms with Gasteiger partial charge in [0, 0.05) is 38.1 Å². The first-order valence-corrected chi connectivity index (χ1v) is 17.3. The molecule has 1 aliphatic carbocycles. The fourth-order valence-electron chi connectivity index (χ4n) is 5.72. The minimum atomic E-state index is -0.883. The lowest BCUT2D eigenvalue weighted by Crippen LogP contribution is -2.25. The van der Waals surface area contributed by atoms with Gasteiger partial charge < -0.3 is 29.6 Å².